The summed E-state index contributed by atoms with van der Waals surface area (Å²) in [6.07, 6.45) is 10.1. The van der Waals surface area contributed by atoms with Crippen LogP contribution in [0.2, 0.25) is 0 Å². The SMILES string of the molecule is CCCCCCN(CCC(=O)NCCC[NH+]1CCOCC1)C(=O)c1cnccn1. The molecule has 0 radical (unpaired) electrons. The van der Waals surface area contributed by atoms with Crippen LogP contribution in [0.25, 0.3) is 0 Å². The lowest BCUT2D eigenvalue weighted by molar-refractivity contribution is -0.908. The Morgan fingerprint density at radius 3 is 2.69 bits per heavy atom. The minimum atomic E-state index is -0.154. The van der Waals surface area contributed by atoms with E-state index >= 15 is 0 Å². The van der Waals surface area contributed by atoms with Crippen molar-refractivity contribution >= 4 is 11.8 Å². The van der Waals surface area contributed by atoms with Crippen LogP contribution in [-0.4, -0.2) is 79.2 Å². The van der Waals surface area contributed by atoms with E-state index in [1.54, 1.807) is 16.0 Å². The maximum atomic E-state index is 12.7. The molecule has 2 rings (SSSR count). The molecule has 29 heavy (non-hydrogen) atoms. The van der Waals surface area contributed by atoms with Crippen LogP contribution in [0, 0.1) is 0 Å². The van der Waals surface area contributed by atoms with Crippen molar-refractivity contribution in [3.63, 3.8) is 0 Å². The first-order chi connectivity index (χ1) is 14.2. The summed E-state index contributed by atoms with van der Waals surface area (Å²) in [6.45, 7) is 8.69. The predicted octanol–water partition coefficient (Wildman–Crippen LogP) is 0.311. The number of hydrogen-bond acceptors (Lipinski definition) is 5. The van der Waals surface area contributed by atoms with Gasteiger partial charge in [0.15, 0.2) is 0 Å². The Balaban J connectivity index is 1.71. The first-order valence-electron chi connectivity index (χ1n) is 10.9. The first kappa shape index (κ1) is 23.2. The van der Waals surface area contributed by atoms with E-state index in [0.717, 1.165) is 65.0 Å². The molecule has 8 nitrogen and oxygen atoms in total. The van der Waals surface area contributed by atoms with Gasteiger partial charge < -0.3 is 19.9 Å². The Morgan fingerprint density at radius 2 is 1.97 bits per heavy atom. The van der Waals surface area contributed by atoms with Crippen molar-refractivity contribution in [2.45, 2.75) is 45.4 Å². The Labute approximate surface area is 174 Å². The standard InChI is InChI=1S/C21H35N5O3/c1-2-3-4-5-12-26(21(28)19-18-22-9-10-23-19)13-7-20(27)24-8-6-11-25-14-16-29-17-15-25/h9-10,18H,2-8,11-17H2,1H3,(H,24,27)/p+1. The number of aromatic nitrogens is 2. The smallest absolute Gasteiger partial charge is 0.274 e. The number of nitrogens with one attached hydrogen (secondary N) is 2. The number of unbranched alkanes of at least 4 members (excludes halogenated alkanes) is 3. The number of carbonyl (C=O) groups excluding carboxylic acids is 2. The molecule has 0 bridgehead atoms. The van der Waals surface area contributed by atoms with Crippen LogP contribution in [-0.2, 0) is 9.53 Å². The monoisotopic (exact) mass is 406 g/mol. The predicted molar refractivity (Wildman–Crippen MR) is 111 cm³/mol. The highest BCUT2D eigenvalue weighted by atomic mass is 16.5. The third kappa shape index (κ3) is 9.32. The summed E-state index contributed by atoms with van der Waals surface area (Å²) in [5, 5.41) is 2.98. The minimum absolute atomic E-state index is 0.00696. The van der Waals surface area contributed by atoms with Crippen molar-refractivity contribution in [2.24, 2.45) is 0 Å². The summed E-state index contributed by atoms with van der Waals surface area (Å²) in [5.41, 5.74) is 0.330. The van der Waals surface area contributed by atoms with E-state index in [2.05, 4.69) is 22.2 Å². The summed E-state index contributed by atoms with van der Waals surface area (Å²) < 4.78 is 5.36. The lowest BCUT2D eigenvalue weighted by Gasteiger charge is -2.24. The molecule has 0 saturated carbocycles. The zero-order chi connectivity index (χ0) is 20.7. The fourth-order valence-electron chi connectivity index (χ4n) is 3.42. The Bertz CT molecular complexity index is 593. The van der Waals surface area contributed by atoms with Crippen LogP contribution in [0.15, 0.2) is 18.6 Å². The summed E-state index contributed by atoms with van der Waals surface area (Å²) in [4.78, 5) is 36.3. The normalized spacial score (nSPS) is 14.5. The van der Waals surface area contributed by atoms with Gasteiger partial charge in [0.1, 0.15) is 18.8 Å². The van der Waals surface area contributed by atoms with Gasteiger partial charge in [-0.15, -0.1) is 0 Å². The molecule has 1 aliphatic rings. The van der Waals surface area contributed by atoms with Crippen molar-refractivity contribution < 1.29 is 19.2 Å². The summed E-state index contributed by atoms with van der Waals surface area (Å²) in [6, 6.07) is 0. The molecule has 1 saturated heterocycles. The Kier molecular flexibility index (Phi) is 11.2. The molecule has 1 fully saturated rings. The van der Waals surface area contributed by atoms with Gasteiger partial charge in [-0.2, -0.15) is 0 Å². The third-order valence-electron chi connectivity index (χ3n) is 5.19. The lowest BCUT2D eigenvalue weighted by Crippen LogP contribution is -3.14. The summed E-state index contributed by atoms with van der Waals surface area (Å²) >= 11 is 0. The van der Waals surface area contributed by atoms with E-state index in [9.17, 15) is 9.59 Å². The molecule has 1 aromatic rings. The number of morpholine rings is 1. The Hall–Kier alpha value is -2.06. The topological polar surface area (TPSA) is 88.9 Å². The van der Waals surface area contributed by atoms with Crippen LogP contribution >= 0.6 is 0 Å². The zero-order valence-electron chi connectivity index (χ0n) is 17.7. The van der Waals surface area contributed by atoms with Crippen LogP contribution in [0.5, 0.6) is 0 Å². The summed E-state index contributed by atoms with van der Waals surface area (Å²) in [7, 11) is 0. The number of carbonyl (C=O) groups is 2. The van der Waals surface area contributed by atoms with Gasteiger partial charge in [0.25, 0.3) is 5.91 Å². The van der Waals surface area contributed by atoms with E-state index < -0.39 is 0 Å². The number of rotatable bonds is 13. The van der Waals surface area contributed by atoms with E-state index in [4.69, 9.17) is 4.74 Å². The average Bonchev–Trinajstić information content (AvgIpc) is 2.77. The first-order valence-corrected chi connectivity index (χ1v) is 10.9. The maximum absolute atomic E-state index is 12.7. The van der Waals surface area contributed by atoms with Gasteiger partial charge in [-0.3, -0.25) is 14.6 Å². The van der Waals surface area contributed by atoms with Crippen molar-refractivity contribution in [3.05, 3.63) is 24.3 Å². The van der Waals surface area contributed by atoms with Gasteiger partial charge in [0.05, 0.1) is 26.0 Å². The number of amides is 2. The second kappa shape index (κ2) is 14.0. The molecule has 8 heteroatoms. The molecule has 0 unspecified atom stereocenters. The summed E-state index contributed by atoms with van der Waals surface area (Å²) in [5.74, 6) is -0.161. The van der Waals surface area contributed by atoms with Crippen molar-refractivity contribution in [3.8, 4) is 0 Å². The van der Waals surface area contributed by atoms with Gasteiger partial charge in [0, 0.05) is 44.9 Å². The van der Waals surface area contributed by atoms with Gasteiger partial charge in [-0.05, 0) is 6.42 Å². The number of quaternary nitrogens is 1. The van der Waals surface area contributed by atoms with Gasteiger partial charge in [-0.1, -0.05) is 26.2 Å². The number of hydrogen-bond donors (Lipinski definition) is 2. The third-order valence-corrected chi connectivity index (χ3v) is 5.19. The van der Waals surface area contributed by atoms with Gasteiger partial charge in [0.2, 0.25) is 5.91 Å². The van der Waals surface area contributed by atoms with Gasteiger partial charge >= 0.3 is 0 Å². The van der Waals surface area contributed by atoms with E-state index in [1.165, 1.54) is 12.4 Å². The highest BCUT2D eigenvalue weighted by Crippen LogP contribution is 2.06. The quantitative estimate of drug-likeness (QED) is 0.460. The van der Waals surface area contributed by atoms with E-state index in [0.29, 0.717) is 31.7 Å². The largest absolute Gasteiger partial charge is 0.370 e. The van der Waals surface area contributed by atoms with Crippen LogP contribution in [0.3, 0.4) is 0 Å². The van der Waals surface area contributed by atoms with Crippen molar-refractivity contribution in [2.75, 3.05) is 52.5 Å². The second-order valence-electron chi connectivity index (χ2n) is 7.51. The average molecular weight is 407 g/mol. The molecule has 2 amide bonds. The Morgan fingerprint density at radius 1 is 1.14 bits per heavy atom. The highest BCUT2D eigenvalue weighted by molar-refractivity contribution is 5.92. The molecule has 0 aromatic carbocycles. The van der Waals surface area contributed by atoms with Crippen LogP contribution in [0.1, 0.15) is 55.9 Å². The number of nitrogens with zero attached hydrogens (tertiary/aromatic N) is 3. The molecule has 2 N–H and O–H groups in total. The van der Waals surface area contributed by atoms with Gasteiger partial charge in [-0.25, -0.2) is 4.98 Å². The van der Waals surface area contributed by atoms with E-state index in [1.807, 2.05) is 0 Å². The molecule has 1 aromatic heterocycles. The molecule has 0 aliphatic carbocycles. The molecule has 0 atom stereocenters. The fraction of sp³-hybridized carbons (Fsp3) is 0.714. The molecular formula is C21H36N5O3+. The molecular weight excluding hydrogens is 370 g/mol. The van der Waals surface area contributed by atoms with E-state index in [-0.39, 0.29) is 11.8 Å². The molecule has 0 spiro atoms. The van der Waals surface area contributed by atoms with Crippen LogP contribution in [0.4, 0.5) is 0 Å². The fourth-order valence-corrected chi connectivity index (χ4v) is 3.42. The number of ether oxygens (including phenoxy) is 1. The molecule has 162 valence electrons. The van der Waals surface area contributed by atoms with Crippen LogP contribution < -0.4 is 10.2 Å². The van der Waals surface area contributed by atoms with Crippen molar-refractivity contribution in [1.29, 1.82) is 0 Å². The lowest BCUT2D eigenvalue weighted by atomic mass is 10.2. The molecule has 1 aliphatic heterocycles. The van der Waals surface area contributed by atoms with Crippen molar-refractivity contribution in [1.82, 2.24) is 20.2 Å². The minimum Gasteiger partial charge on any atom is -0.370 e. The molecule has 2 heterocycles. The zero-order valence-corrected chi connectivity index (χ0v) is 17.7. The second-order valence-corrected chi connectivity index (χ2v) is 7.51. The highest BCUT2D eigenvalue weighted by Gasteiger charge is 2.18. The maximum Gasteiger partial charge on any atom is 0.274 e.